The van der Waals surface area contributed by atoms with Crippen LogP contribution in [0.25, 0.3) is 0 Å². The van der Waals surface area contributed by atoms with Gasteiger partial charge in [-0.2, -0.15) is 0 Å². The number of ether oxygens (including phenoxy) is 2. The minimum absolute atomic E-state index is 0.0180. The van der Waals surface area contributed by atoms with Crippen LogP contribution in [0.4, 0.5) is 10.5 Å². The van der Waals surface area contributed by atoms with Gasteiger partial charge in [0.1, 0.15) is 12.4 Å². The first-order valence-electron chi connectivity index (χ1n) is 5.55. The van der Waals surface area contributed by atoms with Crippen LogP contribution in [0.2, 0.25) is 0 Å². The van der Waals surface area contributed by atoms with Crippen molar-refractivity contribution in [2.45, 2.75) is 4.84 Å². The normalized spacial score (nSPS) is 10.0. The van der Waals surface area contributed by atoms with Crippen LogP contribution in [-0.4, -0.2) is 35.0 Å². The number of hydrogen-bond donors (Lipinski definition) is 1. The standard InChI is InChI=1S/C11H10Cl2N2O6/c12-9(13)10(16)14-5-6-20-11(17)21-8-3-1-7(2-4-8)15(18)19/h1-4,9H,5-6H2,(H,14,16). The quantitative estimate of drug-likeness (QED) is 0.212. The largest absolute Gasteiger partial charge is 0.513 e. The molecule has 1 aromatic rings. The Balaban J connectivity index is 2.30. The highest BCUT2D eigenvalue weighted by molar-refractivity contribution is 6.53. The second-order valence-electron chi connectivity index (χ2n) is 3.54. The SMILES string of the molecule is O=C(OCCNC(=O)C(Cl)Cl)Oc1ccc([N+](=O)[O-])cc1. The zero-order valence-corrected chi connectivity index (χ0v) is 12.0. The molecule has 0 aromatic heterocycles. The van der Waals surface area contributed by atoms with Gasteiger partial charge in [-0.3, -0.25) is 14.9 Å². The molecule has 0 spiro atoms. The number of rotatable bonds is 6. The fourth-order valence-corrected chi connectivity index (χ4v) is 1.30. The van der Waals surface area contributed by atoms with E-state index in [1.807, 2.05) is 0 Å². The van der Waals surface area contributed by atoms with Gasteiger partial charge in [-0.1, -0.05) is 23.2 Å². The predicted octanol–water partition coefficient (Wildman–Crippen LogP) is 2.03. The van der Waals surface area contributed by atoms with Crippen molar-refractivity contribution in [3.63, 3.8) is 0 Å². The number of nitro benzene ring substituents is 1. The molecule has 0 unspecified atom stereocenters. The van der Waals surface area contributed by atoms with Crippen molar-refractivity contribution in [2.75, 3.05) is 13.2 Å². The molecule has 114 valence electrons. The number of nitrogens with zero attached hydrogens (tertiary/aromatic N) is 1. The van der Waals surface area contributed by atoms with Gasteiger partial charge in [0, 0.05) is 12.1 Å². The molecule has 0 fully saturated rings. The molecule has 0 radical (unpaired) electrons. The molecule has 0 atom stereocenters. The maximum Gasteiger partial charge on any atom is 0.513 e. The molecule has 1 rings (SSSR count). The third-order valence-corrected chi connectivity index (χ3v) is 2.46. The van der Waals surface area contributed by atoms with E-state index in [1.165, 1.54) is 24.3 Å². The summed E-state index contributed by atoms with van der Waals surface area (Å²) in [6.45, 7) is -0.123. The van der Waals surface area contributed by atoms with Crippen molar-refractivity contribution >= 4 is 41.0 Å². The number of carbonyl (C=O) groups is 2. The van der Waals surface area contributed by atoms with Gasteiger partial charge in [0.05, 0.1) is 11.5 Å². The van der Waals surface area contributed by atoms with E-state index in [1.54, 1.807) is 0 Å². The van der Waals surface area contributed by atoms with E-state index in [4.69, 9.17) is 27.9 Å². The van der Waals surface area contributed by atoms with E-state index in [9.17, 15) is 19.7 Å². The summed E-state index contributed by atoms with van der Waals surface area (Å²) in [7, 11) is 0. The van der Waals surface area contributed by atoms with Gasteiger partial charge in [-0.25, -0.2) is 4.79 Å². The van der Waals surface area contributed by atoms with Crippen molar-refractivity contribution in [2.24, 2.45) is 0 Å². The first kappa shape index (κ1) is 17.0. The summed E-state index contributed by atoms with van der Waals surface area (Å²) in [6.07, 6.45) is -1.01. The average Bonchev–Trinajstić information content (AvgIpc) is 2.43. The highest BCUT2D eigenvalue weighted by Gasteiger charge is 2.11. The van der Waals surface area contributed by atoms with E-state index in [0.717, 1.165) is 0 Å². The van der Waals surface area contributed by atoms with Gasteiger partial charge < -0.3 is 14.8 Å². The van der Waals surface area contributed by atoms with E-state index in [2.05, 4.69) is 10.1 Å². The Hall–Kier alpha value is -2.06. The molecule has 1 aromatic carbocycles. The predicted molar refractivity (Wildman–Crippen MR) is 73.6 cm³/mol. The molecule has 0 heterocycles. The summed E-state index contributed by atoms with van der Waals surface area (Å²) < 4.78 is 9.41. The van der Waals surface area contributed by atoms with Crippen LogP contribution < -0.4 is 10.1 Å². The van der Waals surface area contributed by atoms with E-state index < -0.39 is 21.8 Å². The molecule has 21 heavy (non-hydrogen) atoms. The molecule has 0 bridgehead atoms. The fraction of sp³-hybridized carbons (Fsp3) is 0.273. The molecular formula is C11H10Cl2N2O6. The smallest absolute Gasteiger partial charge is 0.432 e. The zero-order valence-electron chi connectivity index (χ0n) is 10.5. The van der Waals surface area contributed by atoms with Crippen LogP contribution in [0.15, 0.2) is 24.3 Å². The third-order valence-electron chi connectivity index (χ3n) is 2.07. The lowest BCUT2D eigenvalue weighted by atomic mass is 10.3. The summed E-state index contributed by atoms with van der Waals surface area (Å²) in [5.41, 5.74) is -0.130. The molecule has 0 aliphatic heterocycles. The Bertz CT molecular complexity index is 520. The van der Waals surface area contributed by atoms with Gasteiger partial charge in [0.25, 0.3) is 11.6 Å². The Labute approximate surface area is 129 Å². The number of benzene rings is 1. The van der Waals surface area contributed by atoms with Gasteiger partial charge >= 0.3 is 6.16 Å². The molecule has 10 heteroatoms. The maximum absolute atomic E-state index is 11.3. The molecule has 8 nitrogen and oxygen atoms in total. The van der Waals surface area contributed by atoms with E-state index in [-0.39, 0.29) is 24.6 Å². The topological polar surface area (TPSA) is 108 Å². The maximum atomic E-state index is 11.3. The Morgan fingerprint density at radius 1 is 1.29 bits per heavy atom. The number of amides is 1. The second kappa shape index (κ2) is 8.28. The van der Waals surface area contributed by atoms with Crippen LogP contribution >= 0.6 is 23.2 Å². The summed E-state index contributed by atoms with van der Waals surface area (Å²) in [4.78, 5) is 30.9. The van der Waals surface area contributed by atoms with Gasteiger partial charge in [-0.15, -0.1) is 0 Å². The van der Waals surface area contributed by atoms with Crippen LogP contribution in [0.1, 0.15) is 0 Å². The fourth-order valence-electron chi connectivity index (χ4n) is 1.15. The lowest BCUT2D eigenvalue weighted by Gasteiger charge is -2.07. The van der Waals surface area contributed by atoms with Crippen LogP contribution in [0.3, 0.4) is 0 Å². The van der Waals surface area contributed by atoms with Crippen molar-refractivity contribution in [1.29, 1.82) is 0 Å². The lowest BCUT2D eigenvalue weighted by Crippen LogP contribution is -2.32. The van der Waals surface area contributed by atoms with Crippen molar-refractivity contribution in [3.8, 4) is 5.75 Å². The molecule has 0 aliphatic rings. The molecule has 0 saturated carbocycles. The van der Waals surface area contributed by atoms with Crippen LogP contribution in [0.5, 0.6) is 5.75 Å². The number of carbonyl (C=O) groups excluding carboxylic acids is 2. The Morgan fingerprint density at radius 2 is 1.90 bits per heavy atom. The van der Waals surface area contributed by atoms with Crippen LogP contribution in [-0.2, 0) is 9.53 Å². The van der Waals surface area contributed by atoms with Crippen LogP contribution in [0, 0.1) is 10.1 Å². The first-order chi connectivity index (χ1) is 9.90. The molecule has 0 aliphatic carbocycles. The summed E-state index contributed by atoms with van der Waals surface area (Å²) in [5, 5.41) is 12.7. The first-order valence-corrected chi connectivity index (χ1v) is 6.42. The number of non-ortho nitro benzene ring substituents is 1. The molecule has 0 saturated heterocycles. The highest BCUT2D eigenvalue weighted by atomic mass is 35.5. The Kier molecular flexibility index (Phi) is 6.70. The number of nitro groups is 1. The second-order valence-corrected chi connectivity index (χ2v) is 4.64. The third kappa shape index (κ3) is 6.28. The van der Waals surface area contributed by atoms with Gasteiger partial charge in [0.2, 0.25) is 0 Å². The van der Waals surface area contributed by atoms with Gasteiger partial charge in [-0.05, 0) is 12.1 Å². The monoisotopic (exact) mass is 336 g/mol. The van der Waals surface area contributed by atoms with Gasteiger partial charge in [0.15, 0.2) is 4.84 Å². The molecule has 1 N–H and O–H groups in total. The number of nitrogens with one attached hydrogen (secondary N) is 1. The minimum atomic E-state index is -1.20. The Morgan fingerprint density at radius 3 is 2.43 bits per heavy atom. The highest BCUT2D eigenvalue weighted by Crippen LogP contribution is 2.17. The summed E-state index contributed by atoms with van der Waals surface area (Å²) in [6, 6.07) is 4.88. The van der Waals surface area contributed by atoms with E-state index in [0.29, 0.717) is 0 Å². The summed E-state index contributed by atoms with van der Waals surface area (Å²) >= 11 is 10.6. The number of halogens is 2. The van der Waals surface area contributed by atoms with Crippen molar-refractivity contribution in [1.82, 2.24) is 5.32 Å². The average molecular weight is 337 g/mol. The van der Waals surface area contributed by atoms with E-state index >= 15 is 0 Å². The number of alkyl halides is 2. The summed E-state index contributed by atoms with van der Waals surface area (Å²) in [5.74, 6) is -0.512. The van der Waals surface area contributed by atoms with Crippen molar-refractivity contribution in [3.05, 3.63) is 34.4 Å². The zero-order chi connectivity index (χ0) is 15.8. The molecule has 1 amide bonds. The molecular weight excluding hydrogens is 327 g/mol. The minimum Gasteiger partial charge on any atom is -0.432 e. The van der Waals surface area contributed by atoms with Crippen molar-refractivity contribution < 1.29 is 24.0 Å². The number of hydrogen-bond acceptors (Lipinski definition) is 6. The lowest BCUT2D eigenvalue weighted by molar-refractivity contribution is -0.384.